The fourth-order valence-electron chi connectivity index (χ4n) is 2.92. The zero-order valence-electron chi connectivity index (χ0n) is 15.2. The molecule has 0 unspecified atom stereocenters. The summed E-state index contributed by atoms with van der Waals surface area (Å²) in [4.78, 5) is 16.9. The van der Waals surface area contributed by atoms with Crippen LogP contribution in [0.25, 0.3) is 10.9 Å². The number of anilines is 1. The molecule has 3 aromatic rings. The molecule has 1 N–H and O–H groups in total. The maximum Gasteiger partial charge on any atom is 0.234 e. The van der Waals surface area contributed by atoms with Gasteiger partial charge in [-0.25, -0.2) is 4.98 Å². The molecule has 0 aliphatic carbocycles. The minimum atomic E-state index is -0.146. The number of para-hydroxylation sites is 1. The van der Waals surface area contributed by atoms with Crippen LogP contribution in [0.2, 0.25) is 0 Å². The third-order valence-electron chi connectivity index (χ3n) is 4.32. The van der Waals surface area contributed by atoms with Crippen LogP contribution < -0.4 is 14.8 Å². The number of amides is 1. The Hall–Kier alpha value is -3.24. The number of benzene rings is 2. The fraction of sp³-hybridized carbons (Fsp3) is 0.190. The number of rotatable bonds is 4. The van der Waals surface area contributed by atoms with E-state index in [0.29, 0.717) is 40.8 Å². The van der Waals surface area contributed by atoms with E-state index < -0.39 is 0 Å². The van der Waals surface area contributed by atoms with Crippen molar-refractivity contribution in [3.63, 3.8) is 0 Å². The molecule has 6 nitrogen and oxygen atoms in total. The van der Waals surface area contributed by atoms with Crippen molar-refractivity contribution in [2.24, 2.45) is 0 Å². The van der Waals surface area contributed by atoms with Crippen LogP contribution in [-0.2, 0) is 4.79 Å². The first-order valence-electron chi connectivity index (χ1n) is 8.77. The molecule has 0 fully saturated rings. The second-order valence-corrected chi connectivity index (χ2v) is 7.26. The number of hydrogen-bond donors (Lipinski definition) is 1. The normalized spacial score (nSPS) is 12.4. The second kappa shape index (κ2) is 7.79. The standard InChI is InChI=1S/C21H17N3O3S/c1-13-4-2-3-5-16(13)23-20(25)12-28-21-15(11-22)8-14-9-18-19(10-17(14)24-21)27-7-6-26-18/h2-5,8-10H,6-7,12H2,1H3,(H,23,25). The Morgan fingerprint density at radius 3 is 2.71 bits per heavy atom. The van der Waals surface area contributed by atoms with Crippen molar-refractivity contribution in [2.75, 3.05) is 24.3 Å². The van der Waals surface area contributed by atoms with Gasteiger partial charge >= 0.3 is 0 Å². The number of thioether (sulfide) groups is 1. The highest BCUT2D eigenvalue weighted by molar-refractivity contribution is 8.00. The Morgan fingerprint density at radius 2 is 1.96 bits per heavy atom. The minimum absolute atomic E-state index is 0.146. The van der Waals surface area contributed by atoms with Gasteiger partial charge in [0, 0.05) is 17.1 Å². The third-order valence-corrected chi connectivity index (χ3v) is 5.31. The number of aryl methyl sites for hydroxylation is 1. The zero-order chi connectivity index (χ0) is 19.5. The van der Waals surface area contributed by atoms with E-state index in [0.717, 1.165) is 16.6 Å². The average Bonchev–Trinajstić information content (AvgIpc) is 2.71. The first-order valence-corrected chi connectivity index (χ1v) is 9.75. The summed E-state index contributed by atoms with van der Waals surface area (Å²) >= 11 is 1.24. The summed E-state index contributed by atoms with van der Waals surface area (Å²) in [7, 11) is 0. The highest BCUT2D eigenvalue weighted by Crippen LogP contribution is 2.35. The van der Waals surface area contributed by atoms with Crippen LogP contribution in [0.4, 0.5) is 5.69 Å². The molecule has 0 saturated carbocycles. The van der Waals surface area contributed by atoms with Crippen molar-refractivity contribution in [1.29, 1.82) is 5.26 Å². The number of hydrogen-bond acceptors (Lipinski definition) is 6. The molecule has 1 aliphatic rings. The average molecular weight is 391 g/mol. The number of nitrogens with one attached hydrogen (secondary N) is 1. The van der Waals surface area contributed by atoms with Crippen molar-refractivity contribution in [3.8, 4) is 17.6 Å². The number of pyridine rings is 1. The van der Waals surface area contributed by atoms with Crippen LogP contribution in [0.15, 0.2) is 47.5 Å². The zero-order valence-corrected chi connectivity index (χ0v) is 16.0. The SMILES string of the molecule is Cc1ccccc1NC(=O)CSc1nc2cc3c(cc2cc1C#N)OCCO3. The Bertz CT molecular complexity index is 1110. The lowest BCUT2D eigenvalue weighted by atomic mass is 10.1. The maximum absolute atomic E-state index is 12.3. The molecule has 1 aliphatic heterocycles. The fourth-order valence-corrected chi connectivity index (χ4v) is 3.68. The molecule has 28 heavy (non-hydrogen) atoms. The minimum Gasteiger partial charge on any atom is -0.486 e. The van der Waals surface area contributed by atoms with E-state index in [1.54, 1.807) is 6.07 Å². The Kier molecular flexibility index (Phi) is 5.04. The second-order valence-electron chi connectivity index (χ2n) is 6.29. The number of ether oxygens (including phenoxy) is 2. The van der Waals surface area contributed by atoms with E-state index in [9.17, 15) is 10.1 Å². The molecule has 0 spiro atoms. The summed E-state index contributed by atoms with van der Waals surface area (Å²) in [6.45, 7) is 2.93. The third kappa shape index (κ3) is 3.73. The Labute approximate surface area is 166 Å². The summed E-state index contributed by atoms with van der Waals surface area (Å²) in [6.07, 6.45) is 0. The molecule has 0 radical (unpaired) electrons. The predicted molar refractivity (Wildman–Crippen MR) is 108 cm³/mol. The van der Waals surface area contributed by atoms with Gasteiger partial charge in [0.25, 0.3) is 0 Å². The molecule has 1 aromatic heterocycles. The molecule has 4 rings (SSSR count). The van der Waals surface area contributed by atoms with Crippen LogP contribution in [0.1, 0.15) is 11.1 Å². The quantitative estimate of drug-likeness (QED) is 0.679. The van der Waals surface area contributed by atoms with E-state index in [4.69, 9.17) is 9.47 Å². The molecule has 140 valence electrons. The highest BCUT2D eigenvalue weighted by Gasteiger charge is 2.16. The van der Waals surface area contributed by atoms with Crippen LogP contribution in [0.3, 0.4) is 0 Å². The van der Waals surface area contributed by atoms with Gasteiger partial charge in [0.15, 0.2) is 11.5 Å². The number of carbonyl (C=O) groups excluding carboxylic acids is 1. The lowest BCUT2D eigenvalue weighted by Crippen LogP contribution is -2.15. The number of aromatic nitrogens is 1. The smallest absolute Gasteiger partial charge is 0.234 e. The maximum atomic E-state index is 12.3. The first-order chi connectivity index (χ1) is 13.6. The van der Waals surface area contributed by atoms with Crippen molar-refractivity contribution in [2.45, 2.75) is 11.9 Å². The number of fused-ring (bicyclic) bond motifs is 2. The molecular formula is C21H17N3O3S. The van der Waals surface area contributed by atoms with E-state index in [1.165, 1.54) is 11.8 Å². The van der Waals surface area contributed by atoms with Gasteiger partial charge in [-0.05, 0) is 30.7 Å². The molecule has 2 heterocycles. The number of nitriles is 1. The van der Waals surface area contributed by atoms with E-state index >= 15 is 0 Å². The van der Waals surface area contributed by atoms with Gasteiger partial charge in [-0.1, -0.05) is 30.0 Å². The van der Waals surface area contributed by atoms with Crippen molar-refractivity contribution < 1.29 is 14.3 Å². The summed E-state index contributed by atoms with van der Waals surface area (Å²) < 4.78 is 11.2. The number of carbonyl (C=O) groups is 1. The summed E-state index contributed by atoms with van der Waals surface area (Å²) in [6, 6.07) is 15.2. The molecular weight excluding hydrogens is 374 g/mol. The lowest BCUT2D eigenvalue weighted by molar-refractivity contribution is -0.113. The van der Waals surface area contributed by atoms with Gasteiger partial charge < -0.3 is 14.8 Å². The summed E-state index contributed by atoms with van der Waals surface area (Å²) in [5, 5.41) is 13.7. The molecule has 1 amide bonds. The van der Waals surface area contributed by atoms with Gasteiger partial charge in [0.1, 0.15) is 24.3 Å². The molecule has 7 heteroatoms. The largest absolute Gasteiger partial charge is 0.486 e. The number of nitrogens with zero attached hydrogens (tertiary/aromatic N) is 2. The Morgan fingerprint density at radius 1 is 1.21 bits per heavy atom. The van der Waals surface area contributed by atoms with E-state index in [-0.39, 0.29) is 11.7 Å². The predicted octanol–water partition coefficient (Wildman–Crippen LogP) is 3.92. The molecule has 0 saturated heterocycles. The topological polar surface area (TPSA) is 84.2 Å². The van der Waals surface area contributed by atoms with Gasteiger partial charge in [0.2, 0.25) is 5.91 Å². The van der Waals surface area contributed by atoms with Gasteiger partial charge in [-0.2, -0.15) is 5.26 Å². The molecule has 0 bridgehead atoms. The van der Waals surface area contributed by atoms with Crippen molar-refractivity contribution >= 4 is 34.3 Å². The van der Waals surface area contributed by atoms with Crippen LogP contribution >= 0.6 is 11.8 Å². The molecule has 0 atom stereocenters. The monoisotopic (exact) mass is 391 g/mol. The Balaban J connectivity index is 1.55. The van der Waals surface area contributed by atoms with Gasteiger partial charge in [-0.15, -0.1) is 0 Å². The lowest BCUT2D eigenvalue weighted by Gasteiger charge is -2.18. The van der Waals surface area contributed by atoms with Crippen LogP contribution in [0, 0.1) is 18.3 Å². The van der Waals surface area contributed by atoms with Gasteiger partial charge in [0.05, 0.1) is 16.8 Å². The van der Waals surface area contributed by atoms with Crippen LogP contribution in [-0.4, -0.2) is 29.9 Å². The first kappa shape index (κ1) is 18.1. The van der Waals surface area contributed by atoms with Crippen molar-refractivity contribution in [1.82, 2.24) is 4.98 Å². The summed E-state index contributed by atoms with van der Waals surface area (Å²) in [5.74, 6) is 1.31. The van der Waals surface area contributed by atoms with Crippen LogP contribution in [0.5, 0.6) is 11.5 Å². The van der Waals surface area contributed by atoms with E-state index in [1.807, 2.05) is 43.3 Å². The summed E-state index contributed by atoms with van der Waals surface area (Å²) in [5.41, 5.74) is 2.90. The van der Waals surface area contributed by atoms with Crippen molar-refractivity contribution in [3.05, 3.63) is 53.6 Å². The molecule has 2 aromatic carbocycles. The van der Waals surface area contributed by atoms with E-state index in [2.05, 4.69) is 16.4 Å². The van der Waals surface area contributed by atoms with Gasteiger partial charge in [-0.3, -0.25) is 4.79 Å². The highest BCUT2D eigenvalue weighted by atomic mass is 32.2.